The number of methoxy groups -OCH3 is 1. The zero-order valence-electron chi connectivity index (χ0n) is 19.3. The number of rotatable bonds is 8. The number of hydrogen-bond acceptors (Lipinski definition) is 5. The molecule has 1 saturated heterocycles. The number of carbonyl (C=O) groups excluding carboxylic acids is 2. The molecule has 1 aliphatic heterocycles. The van der Waals surface area contributed by atoms with Crippen LogP contribution in [0.4, 0.5) is 0 Å². The van der Waals surface area contributed by atoms with Crippen LogP contribution in [0.3, 0.4) is 0 Å². The van der Waals surface area contributed by atoms with Crippen molar-refractivity contribution in [2.45, 2.75) is 45.1 Å². The summed E-state index contributed by atoms with van der Waals surface area (Å²) in [6, 6.07) is 12.5. The van der Waals surface area contributed by atoms with E-state index in [1.54, 1.807) is 7.11 Å². The first kappa shape index (κ1) is 23.1. The van der Waals surface area contributed by atoms with Gasteiger partial charge >= 0.3 is 0 Å². The van der Waals surface area contributed by atoms with Gasteiger partial charge in [0, 0.05) is 19.2 Å². The van der Waals surface area contributed by atoms with Gasteiger partial charge in [-0.15, -0.1) is 0 Å². The quantitative estimate of drug-likeness (QED) is 0.367. The highest BCUT2D eigenvalue weighted by Crippen LogP contribution is 2.40. The number of likely N-dealkylation sites (tertiary alicyclic amines) is 1. The van der Waals surface area contributed by atoms with Gasteiger partial charge in [-0.25, -0.2) is 0 Å². The normalized spacial score (nSPS) is 19.6. The maximum atomic E-state index is 13.1. The van der Waals surface area contributed by atoms with Crippen molar-refractivity contribution in [3.63, 3.8) is 0 Å². The number of benzene rings is 2. The van der Waals surface area contributed by atoms with Crippen molar-refractivity contribution in [2.75, 3.05) is 26.9 Å². The molecule has 0 aromatic heterocycles. The topological polar surface area (TPSA) is 76.1 Å². The largest absolute Gasteiger partial charge is 0.507 e. The van der Waals surface area contributed by atoms with Crippen LogP contribution in [0.25, 0.3) is 5.76 Å². The molecule has 1 N–H and O–H groups in total. The van der Waals surface area contributed by atoms with Gasteiger partial charge in [-0.2, -0.15) is 0 Å². The summed E-state index contributed by atoms with van der Waals surface area (Å²) >= 11 is 0. The van der Waals surface area contributed by atoms with Crippen molar-refractivity contribution in [1.29, 1.82) is 0 Å². The van der Waals surface area contributed by atoms with Crippen molar-refractivity contribution in [2.24, 2.45) is 0 Å². The second kappa shape index (κ2) is 10.2. The summed E-state index contributed by atoms with van der Waals surface area (Å²) in [6.45, 7) is 3.20. The van der Waals surface area contributed by atoms with Gasteiger partial charge in [0.1, 0.15) is 11.5 Å². The van der Waals surface area contributed by atoms with E-state index in [-0.39, 0.29) is 17.9 Å². The minimum absolute atomic E-state index is 0.120. The van der Waals surface area contributed by atoms with E-state index >= 15 is 0 Å². The lowest BCUT2D eigenvalue weighted by atomic mass is 9.88. The predicted octanol–water partition coefficient (Wildman–Crippen LogP) is 4.42. The summed E-state index contributed by atoms with van der Waals surface area (Å²) < 4.78 is 10.8. The van der Waals surface area contributed by atoms with Crippen molar-refractivity contribution >= 4 is 17.4 Å². The van der Waals surface area contributed by atoms with Gasteiger partial charge in [-0.05, 0) is 67.0 Å². The number of fused-ring (bicyclic) bond motifs is 1. The molecule has 1 unspecified atom stereocenters. The Kier molecular flexibility index (Phi) is 7.14. The Balaban J connectivity index is 1.76. The van der Waals surface area contributed by atoms with E-state index in [9.17, 15) is 14.7 Å². The first-order valence-electron chi connectivity index (χ1n) is 11.7. The average molecular weight is 450 g/mol. The highest BCUT2D eigenvalue weighted by atomic mass is 16.5. The van der Waals surface area contributed by atoms with Crippen LogP contribution in [0.2, 0.25) is 0 Å². The molecule has 33 heavy (non-hydrogen) atoms. The minimum atomic E-state index is -0.684. The number of aliphatic hydroxyl groups is 1. The number of Topliss-reactive ketones (excluding diaryl/α,β-unsaturated/α-hetero) is 1. The van der Waals surface area contributed by atoms with Gasteiger partial charge in [0.05, 0.1) is 24.8 Å². The predicted molar refractivity (Wildman–Crippen MR) is 126 cm³/mol. The fraction of sp³-hybridized carbons (Fsp3) is 0.407. The standard InChI is InChI=1S/C27H31NO5/c1-3-15-33-22-12-10-19(11-13-22)24-23(26(30)27(31)28(24)14-16-32-2)25(29)21-9-8-18-6-4-5-7-20(18)17-21/h8-13,17,24,29H,3-7,14-16H2,1-2H3/b25-23-. The summed E-state index contributed by atoms with van der Waals surface area (Å²) in [6.07, 6.45) is 5.18. The van der Waals surface area contributed by atoms with Gasteiger partial charge in [0.15, 0.2) is 0 Å². The first-order valence-corrected chi connectivity index (χ1v) is 11.7. The maximum Gasteiger partial charge on any atom is 0.295 e. The number of aliphatic hydroxyl groups excluding tert-OH is 1. The molecule has 0 radical (unpaired) electrons. The Labute approximate surface area is 194 Å². The number of aryl methyl sites for hydroxylation is 2. The van der Waals surface area contributed by atoms with Crippen molar-refractivity contribution in [3.8, 4) is 5.75 Å². The molecule has 0 saturated carbocycles. The lowest BCUT2D eigenvalue weighted by molar-refractivity contribution is -0.140. The van der Waals surface area contributed by atoms with Crippen LogP contribution < -0.4 is 4.74 Å². The van der Waals surface area contributed by atoms with Crippen molar-refractivity contribution < 1.29 is 24.2 Å². The molecule has 1 atom stereocenters. The number of ether oxygens (including phenoxy) is 2. The number of nitrogens with zero attached hydrogens (tertiary/aromatic N) is 1. The smallest absolute Gasteiger partial charge is 0.295 e. The van der Waals surface area contributed by atoms with E-state index in [4.69, 9.17) is 9.47 Å². The molecule has 0 spiro atoms. The first-order chi connectivity index (χ1) is 16.0. The third-order valence-corrected chi connectivity index (χ3v) is 6.37. The van der Waals surface area contributed by atoms with Gasteiger partial charge in [0.25, 0.3) is 11.7 Å². The fourth-order valence-electron chi connectivity index (χ4n) is 4.65. The average Bonchev–Trinajstić information content (AvgIpc) is 3.10. The summed E-state index contributed by atoms with van der Waals surface area (Å²) in [5.41, 5.74) is 3.93. The summed E-state index contributed by atoms with van der Waals surface area (Å²) in [5, 5.41) is 11.3. The van der Waals surface area contributed by atoms with Crippen LogP contribution in [-0.2, 0) is 27.2 Å². The zero-order chi connectivity index (χ0) is 23.4. The van der Waals surface area contributed by atoms with Crippen LogP contribution in [0, 0.1) is 0 Å². The molecular weight excluding hydrogens is 418 g/mol. The Bertz CT molecular complexity index is 1060. The van der Waals surface area contributed by atoms with Crippen LogP contribution >= 0.6 is 0 Å². The summed E-state index contributed by atoms with van der Waals surface area (Å²) in [7, 11) is 1.55. The molecule has 174 valence electrons. The lowest BCUT2D eigenvalue weighted by Gasteiger charge is -2.25. The van der Waals surface area contributed by atoms with Crippen molar-refractivity contribution in [1.82, 2.24) is 4.90 Å². The molecule has 2 aromatic rings. The number of hydrogen-bond donors (Lipinski definition) is 1. The third-order valence-electron chi connectivity index (χ3n) is 6.37. The van der Waals surface area contributed by atoms with Gasteiger partial charge in [-0.3, -0.25) is 9.59 Å². The second-order valence-corrected chi connectivity index (χ2v) is 8.59. The molecular formula is C27H31NO5. The number of carbonyl (C=O) groups is 2. The van der Waals surface area contributed by atoms with Gasteiger partial charge in [0.2, 0.25) is 0 Å². The highest BCUT2D eigenvalue weighted by molar-refractivity contribution is 6.46. The summed E-state index contributed by atoms with van der Waals surface area (Å²) in [5.74, 6) is -0.692. The Morgan fingerprint density at radius 2 is 1.76 bits per heavy atom. The third kappa shape index (κ3) is 4.67. The molecule has 1 heterocycles. The SMILES string of the molecule is CCCOc1ccc(C2/C(=C(/O)c3ccc4c(c3)CCCC4)C(=O)C(=O)N2CCOC)cc1. The fourth-order valence-corrected chi connectivity index (χ4v) is 4.65. The molecule has 1 aliphatic carbocycles. The monoisotopic (exact) mass is 449 g/mol. The molecule has 4 rings (SSSR count). The number of amides is 1. The lowest BCUT2D eigenvalue weighted by Crippen LogP contribution is -2.32. The van der Waals surface area contributed by atoms with Crippen LogP contribution in [0.1, 0.15) is 54.5 Å². The zero-order valence-corrected chi connectivity index (χ0v) is 19.3. The van der Waals surface area contributed by atoms with E-state index in [1.165, 1.54) is 22.4 Å². The maximum absolute atomic E-state index is 13.1. The van der Waals surface area contributed by atoms with Crippen LogP contribution in [0.5, 0.6) is 5.75 Å². The number of ketones is 1. The van der Waals surface area contributed by atoms with Crippen LogP contribution in [0.15, 0.2) is 48.0 Å². The molecule has 6 heteroatoms. The van der Waals surface area contributed by atoms with E-state index in [1.807, 2.05) is 49.4 Å². The van der Waals surface area contributed by atoms with E-state index in [2.05, 4.69) is 0 Å². The Morgan fingerprint density at radius 3 is 2.45 bits per heavy atom. The van der Waals surface area contributed by atoms with E-state index in [0.29, 0.717) is 18.8 Å². The van der Waals surface area contributed by atoms with E-state index in [0.717, 1.165) is 37.0 Å². The molecule has 2 aliphatic rings. The summed E-state index contributed by atoms with van der Waals surface area (Å²) in [4.78, 5) is 27.5. The van der Waals surface area contributed by atoms with Gasteiger partial charge < -0.3 is 19.5 Å². The molecule has 2 aromatic carbocycles. The second-order valence-electron chi connectivity index (χ2n) is 8.59. The molecule has 1 fully saturated rings. The molecule has 1 amide bonds. The molecule has 6 nitrogen and oxygen atoms in total. The Morgan fingerprint density at radius 1 is 1.03 bits per heavy atom. The highest BCUT2D eigenvalue weighted by Gasteiger charge is 2.45. The molecule has 0 bridgehead atoms. The van der Waals surface area contributed by atoms with Crippen molar-refractivity contribution in [3.05, 3.63) is 70.3 Å². The minimum Gasteiger partial charge on any atom is -0.507 e. The Hall–Kier alpha value is -3.12. The van der Waals surface area contributed by atoms with Crippen LogP contribution in [-0.4, -0.2) is 48.6 Å². The van der Waals surface area contributed by atoms with E-state index < -0.39 is 17.7 Å². The van der Waals surface area contributed by atoms with Gasteiger partial charge in [-0.1, -0.05) is 31.2 Å².